The van der Waals surface area contributed by atoms with E-state index in [2.05, 4.69) is 17.6 Å². The van der Waals surface area contributed by atoms with E-state index in [1.807, 2.05) is 24.7 Å². The zero-order valence-electron chi connectivity index (χ0n) is 9.32. The maximum absolute atomic E-state index is 11.0. The molecular formula is C11H18N2O2. The third kappa shape index (κ3) is 4.65. The molecule has 0 aromatic carbocycles. The van der Waals surface area contributed by atoms with E-state index in [4.69, 9.17) is 4.74 Å². The van der Waals surface area contributed by atoms with E-state index in [1.165, 1.54) is 5.56 Å². The second kappa shape index (κ2) is 6.24. The molecule has 1 N–H and O–H groups in total. The number of rotatable bonds is 6. The molecule has 0 spiro atoms. The van der Waals surface area contributed by atoms with E-state index in [0.717, 1.165) is 6.54 Å². The Hall–Kier alpha value is -1.29. The predicted octanol–water partition coefficient (Wildman–Crippen LogP) is 1.07. The Morgan fingerprint density at radius 1 is 1.60 bits per heavy atom. The summed E-state index contributed by atoms with van der Waals surface area (Å²) in [7, 11) is 1.99. The van der Waals surface area contributed by atoms with Crippen LogP contribution in [0.3, 0.4) is 0 Å². The van der Waals surface area contributed by atoms with Gasteiger partial charge < -0.3 is 14.6 Å². The van der Waals surface area contributed by atoms with Gasteiger partial charge in [-0.15, -0.1) is 0 Å². The first kappa shape index (κ1) is 11.8. The van der Waals surface area contributed by atoms with Gasteiger partial charge in [-0.2, -0.15) is 0 Å². The molecule has 15 heavy (non-hydrogen) atoms. The van der Waals surface area contributed by atoms with Gasteiger partial charge in [0.25, 0.3) is 0 Å². The molecule has 0 aliphatic heterocycles. The first-order valence-electron chi connectivity index (χ1n) is 5.19. The van der Waals surface area contributed by atoms with E-state index in [1.54, 1.807) is 0 Å². The number of aromatic nitrogens is 1. The third-order valence-electron chi connectivity index (χ3n) is 2.03. The number of nitrogens with one attached hydrogen (secondary N) is 1. The van der Waals surface area contributed by atoms with Crippen molar-refractivity contribution in [3.63, 3.8) is 0 Å². The summed E-state index contributed by atoms with van der Waals surface area (Å²) in [4.78, 5) is 11.0. The molecule has 0 saturated carbocycles. The number of hydrogen-bond acceptors (Lipinski definition) is 3. The average molecular weight is 210 g/mol. The van der Waals surface area contributed by atoms with Crippen molar-refractivity contribution >= 4 is 5.97 Å². The van der Waals surface area contributed by atoms with Crippen LogP contribution >= 0.6 is 0 Å². The molecule has 1 aromatic heterocycles. The molecule has 4 nitrogen and oxygen atoms in total. The molecule has 1 heterocycles. The summed E-state index contributed by atoms with van der Waals surface area (Å²) in [6.07, 6.45) is 4.49. The summed E-state index contributed by atoms with van der Waals surface area (Å²) in [5.74, 6) is -0.141. The molecule has 84 valence electrons. The van der Waals surface area contributed by atoms with E-state index in [0.29, 0.717) is 19.6 Å². The molecule has 0 unspecified atom stereocenters. The molecule has 0 bridgehead atoms. The van der Waals surface area contributed by atoms with Gasteiger partial charge in [-0.25, -0.2) is 0 Å². The van der Waals surface area contributed by atoms with Gasteiger partial charge >= 0.3 is 5.97 Å². The summed E-state index contributed by atoms with van der Waals surface area (Å²) in [5, 5.41) is 3.19. The Bertz CT molecular complexity index is 307. The number of ether oxygens (including phenoxy) is 1. The molecule has 4 heteroatoms. The molecule has 1 aromatic rings. The van der Waals surface area contributed by atoms with Gasteiger partial charge in [-0.05, 0) is 18.6 Å². The number of hydrogen-bond donors (Lipinski definition) is 1. The number of carbonyl (C=O) groups is 1. The monoisotopic (exact) mass is 210 g/mol. The average Bonchev–Trinajstić information content (AvgIpc) is 2.60. The Morgan fingerprint density at radius 3 is 3.00 bits per heavy atom. The summed E-state index contributed by atoms with van der Waals surface area (Å²) in [5.41, 5.74) is 1.22. The minimum atomic E-state index is -0.141. The molecule has 0 saturated heterocycles. The third-order valence-corrected chi connectivity index (χ3v) is 2.03. The normalized spacial score (nSPS) is 10.3. The number of esters is 1. The van der Waals surface area contributed by atoms with Crippen LogP contribution in [0.1, 0.15) is 18.9 Å². The highest BCUT2D eigenvalue weighted by Crippen LogP contribution is 1.98. The largest absolute Gasteiger partial charge is 0.466 e. The van der Waals surface area contributed by atoms with Crippen LogP contribution in [0.15, 0.2) is 18.5 Å². The van der Waals surface area contributed by atoms with Gasteiger partial charge in [0.15, 0.2) is 0 Å². The standard InChI is InChI=1S/C11H18N2O2/c1-3-15-11(14)4-6-12-8-10-5-7-13(2)9-10/h5,7,9,12H,3-4,6,8H2,1-2H3. The van der Waals surface area contributed by atoms with Crippen LogP contribution in [0.25, 0.3) is 0 Å². The number of carbonyl (C=O) groups excluding carboxylic acids is 1. The fourth-order valence-corrected chi connectivity index (χ4v) is 1.32. The Kier molecular flexibility index (Phi) is 4.90. The number of aryl methyl sites for hydroxylation is 1. The lowest BCUT2D eigenvalue weighted by molar-refractivity contribution is -0.142. The van der Waals surface area contributed by atoms with E-state index < -0.39 is 0 Å². The molecular weight excluding hydrogens is 192 g/mol. The van der Waals surface area contributed by atoms with Crippen molar-refractivity contribution in [3.8, 4) is 0 Å². The van der Waals surface area contributed by atoms with Gasteiger partial charge in [0.05, 0.1) is 13.0 Å². The van der Waals surface area contributed by atoms with Crippen LogP contribution < -0.4 is 5.32 Å². The zero-order chi connectivity index (χ0) is 11.1. The molecule has 0 aliphatic carbocycles. The Morgan fingerprint density at radius 2 is 2.40 bits per heavy atom. The lowest BCUT2D eigenvalue weighted by Gasteiger charge is -2.03. The molecule has 0 aliphatic rings. The lowest BCUT2D eigenvalue weighted by Crippen LogP contribution is -2.18. The van der Waals surface area contributed by atoms with Crippen molar-refractivity contribution in [2.75, 3.05) is 13.2 Å². The van der Waals surface area contributed by atoms with Crippen LogP contribution in [0, 0.1) is 0 Å². The highest BCUT2D eigenvalue weighted by Gasteiger charge is 2.00. The first-order chi connectivity index (χ1) is 7.22. The van der Waals surface area contributed by atoms with Crippen molar-refractivity contribution in [1.29, 1.82) is 0 Å². The quantitative estimate of drug-likeness (QED) is 0.564. The van der Waals surface area contributed by atoms with E-state index in [-0.39, 0.29) is 5.97 Å². The molecule has 0 radical (unpaired) electrons. The van der Waals surface area contributed by atoms with Gasteiger partial charge in [0.2, 0.25) is 0 Å². The van der Waals surface area contributed by atoms with Gasteiger partial charge in [-0.3, -0.25) is 4.79 Å². The summed E-state index contributed by atoms with van der Waals surface area (Å²) in [6.45, 7) is 3.72. The SMILES string of the molecule is CCOC(=O)CCNCc1ccn(C)c1. The lowest BCUT2D eigenvalue weighted by atomic mass is 10.3. The summed E-state index contributed by atoms with van der Waals surface area (Å²) >= 11 is 0. The smallest absolute Gasteiger partial charge is 0.307 e. The Labute approximate surface area is 90.2 Å². The van der Waals surface area contributed by atoms with Crippen molar-refractivity contribution in [3.05, 3.63) is 24.0 Å². The topological polar surface area (TPSA) is 43.3 Å². The van der Waals surface area contributed by atoms with Crippen LogP contribution in [0.2, 0.25) is 0 Å². The van der Waals surface area contributed by atoms with Gasteiger partial charge in [0.1, 0.15) is 0 Å². The first-order valence-corrected chi connectivity index (χ1v) is 5.19. The molecule has 1 rings (SSSR count). The maximum atomic E-state index is 11.0. The molecule has 0 atom stereocenters. The zero-order valence-corrected chi connectivity index (χ0v) is 9.32. The minimum absolute atomic E-state index is 0.141. The van der Waals surface area contributed by atoms with E-state index >= 15 is 0 Å². The fourth-order valence-electron chi connectivity index (χ4n) is 1.32. The number of nitrogens with zero attached hydrogens (tertiary/aromatic N) is 1. The fraction of sp³-hybridized carbons (Fsp3) is 0.545. The van der Waals surface area contributed by atoms with Crippen molar-refractivity contribution in [1.82, 2.24) is 9.88 Å². The van der Waals surface area contributed by atoms with Gasteiger partial charge in [0, 0.05) is 32.5 Å². The second-order valence-electron chi connectivity index (χ2n) is 3.42. The highest BCUT2D eigenvalue weighted by molar-refractivity contribution is 5.69. The van der Waals surface area contributed by atoms with Crippen molar-refractivity contribution < 1.29 is 9.53 Å². The van der Waals surface area contributed by atoms with Crippen molar-refractivity contribution in [2.45, 2.75) is 19.9 Å². The molecule has 0 amide bonds. The van der Waals surface area contributed by atoms with Crippen LogP contribution in [0.4, 0.5) is 0 Å². The van der Waals surface area contributed by atoms with Crippen LogP contribution in [-0.2, 0) is 23.1 Å². The van der Waals surface area contributed by atoms with Gasteiger partial charge in [-0.1, -0.05) is 0 Å². The van der Waals surface area contributed by atoms with Crippen LogP contribution in [0.5, 0.6) is 0 Å². The highest BCUT2D eigenvalue weighted by atomic mass is 16.5. The predicted molar refractivity (Wildman–Crippen MR) is 58.4 cm³/mol. The van der Waals surface area contributed by atoms with Crippen LogP contribution in [-0.4, -0.2) is 23.7 Å². The summed E-state index contributed by atoms with van der Waals surface area (Å²) in [6, 6.07) is 2.05. The minimum Gasteiger partial charge on any atom is -0.466 e. The molecule has 0 fully saturated rings. The van der Waals surface area contributed by atoms with Crippen molar-refractivity contribution in [2.24, 2.45) is 7.05 Å². The Balaban J connectivity index is 2.09. The maximum Gasteiger partial charge on any atom is 0.307 e. The second-order valence-corrected chi connectivity index (χ2v) is 3.42. The van der Waals surface area contributed by atoms with E-state index in [9.17, 15) is 4.79 Å². The summed E-state index contributed by atoms with van der Waals surface area (Å²) < 4.78 is 6.82.